The third-order valence-electron chi connectivity index (χ3n) is 6.27. The molecule has 25 heavy (non-hydrogen) atoms. The summed E-state index contributed by atoms with van der Waals surface area (Å²) in [6, 6.07) is 5.34. The number of halogens is 2. The highest BCUT2D eigenvalue weighted by molar-refractivity contribution is 6.30. The molecule has 0 radical (unpaired) electrons. The molecule has 3 aliphatic rings. The van der Waals surface area contributed by atoms with Crippen LogP contribution in [0.3, 0.4) is 0 Å². The lowest BCUT2D eigenvalue weighted by Gasteiger charge is -2.46. The summed E-state index contributed by atoms with van der Waals surface area (Å²) in [7, 11) is 0. The monoisotopic (exact) mass is 366 g/mol. The van der Waals surface area contributed by atoms with Crippen LogP contribution in [-0.4, -0.2) is 42.1 Å². The molecule has 1 aliphatic carbocycles. The molecular formula is C19H24ClFN2O2. The highest BCUT2D eigenvalue weighted by Crippen LogP contribution is 2.48. The van der Waals surface area contributed by atoms with Crippen LogP contribution in [0.1, 0.15) is 39.0 Å². The molecule has 2 bridgehead atoms. The number of carbonyl (C=O) groups excluding carboxylic acids is 1. The minimum absolute atomic E-state index is 0.00397. The van der Waals surface area contributed by atoms with Gasteiger partial charge in [0.05, 0.1) is 5.02 Å². The standard InChI is InChI=1S/C19H24ClFN2O2/c1-19-9-12-10-23(17(19)5-3-2-4-16(19)22-12)18(24)11-25-13-6-7-15(21)14(20)8-13/h6-8,12,16-17,22H,2-5,9-11H2,1H3/t12-,16-,17+,19-/m0/s1. The van der Waals surface area contributed by atoms with Crippen LogP contribution in [0.4, 0.5) is 4.39 Å². The molecule has 0 spiro atoms. The fourth-order valence-corrected chi connectivity index (χ4v) is 5.24. The topological polar surface area (TPSA) is 41.6 Å². The van der Waals surface area contributed by atoms with E-state index in [4.69, 9.17) is 16.3 Å². The van der Waals surface area contributed by atoms with Crippen molar-refractivity contribution in [3.63, 3.8) is 0 Å². The predicted molar refractivity (Wildman–Crippen MR) is 94.3 cm³/mol. The summed E-state index contributed by atoms with van der Waals surface area (Å²) < 4.78 is 18.8. The van der Waals surface area contributed by atoms with Crippen LogP contribution < -0.4 is 10.1 Å². The van der Waals surface area contributed by atoms with Gasteiger partial charge >= 0.3 is 0 Å². The van der Waals surface area contributed by atoms with Crippen LogP contribution in [0, 0.1) is 11.2 Å². The minimum atomic E-state index is -0.489. The van der Waals surface area contributed by atoms with Gasteiger partial charge in [-0.2, -0.15) is 0 Å². The van der Waals surface area contributed by atoms with Gasteiger partial charge in [0.15, 0.2) is 6.61 Å². The lowest BCUT2D eigenvalue weighted by atomic mass is 9.71. The van der Waals surface area contributed by atoms with Gasteiger partial charge in [-0.1, -0.05) is 31.4 Å². The molecule has 3 fully saturated rings. The fourth-order valence-electron chi connectivity index (χ4n) is 5.07. The van der Waals surface area contributed by atoms with Gasteiger partial charge in [-0.15, -0.1) is 0 Å². The molecule has 136 valence electrons. The number of nitrogens with zero attached hydrogens (tertiary/aromatic N) is 1. The second kappa shape index (κ2) is 6.44. The van der Waals surface area contributed by atoms with E-state index in [0.717, 1.165) is 19.4 Å². The average molecular weight is 367 g/mol. The summed E-state index contributed by atoms with van der Waals surface area (Å²) in [5.41, 5.74) is 0.161. The van der Waals surface area contributed by atoms with E-state index < -0.39 is 5.82 Å². The predicted octanol–water partition coefficient (Wildman–Crippen LogP) is 3.38. The number of nitrogens with one attached hydrogen (secondary N) is 1. The quantitative estimate of drug-likeness (QED) is 0.891. The Hall–Kier alpha value is -1.33. The molecule has 0 aromatic heterocycles. The highest BCUT2D eigenvalue weighted by atomic mass is 35.5. The molecule has 4 rings (SSSR count). The summed E-state index contributed by atoms with van der Waals surface area (Å²) in [4.78, 5) is 14.9. The zero-order valence-electron chi connectivity index (χ0n) is 14.4. The van der Waals surface area contributed by atoms with E-state index in [1.165, 1.54) is 37.5 Å². The first-order valence-corrected chi connectivity index (χ1v) is 9.48. The molecule has 2 aliphatic heterocycles. The normalized spacial score (nSPS) is 33.9. The maximum atomic E-state index is 13.2. The molecule has 2 heterocycles. The number of benzene rings is 1. The molecule has 1 aromatic carbocycles. The summed E-state index contributed by atoms with van der Waals surface area (Å²) in [5, 5.41) is 3.75. The molecule has 1 amide bonds. The van der Waals surface area contributed by atoms with E-state index in [9.17, 15) is 9.18 Å². The molecular weight excluding hydrogens is 343 g/mol. The average Bonchev–Trinajstić information content (AvgIpc) is 2.74. The van der Waals surface area contributed by atoms with Crippen LogP contribution in [-0.2, 0) is 4.79 Å². The smallest absolute Gasteiger partial charge is 0.260 e. The zero-order valence-corrected chi connectivity index (χ0v) is 15.2. The number of amides is 1. The van der Waals surface area contributed by atoms with E-state index in [1.54, 1.807) is 0 Å². The first-order chi connectivity index (χ1) is 12.0. The van der Waals surface area contributed by atoms with Crippen molar-refractivity contribution in [2.75, 3.05) is 13.2 Å². The third kappa shape index (κ3) is 3.02. The molecule has 4 atom stereocenters. The van der Waals surface area contributed by atoms with Crippen LogP contribution in [0.2, 0.25) is 5.02 Å². The van der Waals surface area contributed by atoms with Crippen molar-refractivity contribution in [2.24, 2.45) is 5.41 Å². The van der Waals surface area contributed by atoms with Gasteiger partial charge in [-0.25, -0.2) is 4.39 Å². The van der Waals surface area contributed by atoms with Crippen molar-refractivity contribution in [3.8, 4) is 5.75 Å². The van der Waals surface area contributed by atoms with Gasteiger partial charge in [0, 0.05) is 36.2 Å². The largest absolute Gasteiger partial charge is 0.484 e. The fraction of sp³-hybridized carbons (Fsp3) is 0.632. The van der Waals surface area contributed by atoms with E-state index in [0.29, 0.717) is 17.8 Å². The van der Waals surface area contributed by atoms with E-state index in [2.05, 4.69) is 12.2 Å². The Labute approximate surface area is 152 Å². The lowest BCUT2D eigenvalue weighted by Crippen LogP contribution is -2.56. The Kier molecular flexibility index (Phi) is 4.40. The lowest BCUT2D eigenvalue weighted by molar-refractivity contribution is -0.140. The number of hydrogen-bond acceptors (Lipinski definition) is 3. The minimum Gasteiger partial charge on any atom is -0.484 e. The number of piperidine rings is 1. The molecule has 1 saturated carbocycles. The first kappa shape index (κ1) is 17.1. The molecule has 0 unspecified atom stereocenters. The first-order valence-electron chi connectivity index (χ1n) is 9.11. The van der Waals surface area contributed by atoms with Gasteiger partial charge in [-0.05, 0) is 31.4 Å². The zero-order chi connectivity index (χ0) is 17.6. The van der Waals surface area contributed by atoms with Crippen molar-refractivity contribution in [1.29, 1.82) is 0 Å². The molecule has 1 aromatic rings. The number of fused-ring (bicyclic) bond motifs is 1. The van der Waals surface area contributed by atoms with Crippen molar-refractivity contribution >= 4 is 17.5 Å². The summed E-state index contributed by atoms with van der Waals surface area (Å²) >= 11 is 5.77. The van der Waals surface area contributed by atoms with E-state index in [1.807, 2.05) is 4.90 Å². The second-order valence-corrected chi connectivity index (χ2v) is 8.24. The summed E-state index contributed by atoms with van der Waals surface area (Å²) in [6.45, 7) is 3.05. The van der Waals surface area contributed by atoms with Gasteiger partial charge < -0.3 is 15.0 Å². The van der Waals surface area contributed by atoms with Gasteiger partial charge in [0.25, 0.3) is 5.91 Å². The molecule has 6 heteroatoms. The van der Waals surface area contributed by atoms with E-state index in [-0.39, 0.29) is 29.0 Å². The van der Waals surface area contributed by atoms with Crippen LogP contribution in [0.5, 0.6) is 5.75 Å². The number of hydrogen-bond donors (Lipinski definition) is 1. The van der Waals surface area contributed by atoms with Crippen molar-refractivity contribution in [3.05, 3.63) is 29.0 Å². The van der Waals surface area contributed by atoms with Crippen molar-refractivity contribution in [1.82, 2.24) is 10.2 Å². The molecule has 2 saturated heterocycles. The Morgan fingerprint density at radius 2 is 2.24 bits per heavy atom. The maximum absolute atomic E-state index is 13.2. The maximum Gasteiger partial charge on any atom is 0.260 e. The Balaban J connectivity index is 1.47. The number of carbonyl (C=O) groups is 1. The van der Waals surface area contributed by atoms with Crippen LogP contribution in [0.15, 0.2) is 18.2 Å². The number of rotatable bonds is 3. The Bertz CT molecular complexity index is 685. The Morgan fingerprint density at radius 1 is 1.44 bits per heavy atom. The highest BCUT2D eigenvalue weighted by Gasteiger charge is 2.55. The molecule has 1 N–H and O–H groups in total. The number of ether oxygens (including phenoxy) is 1. The summed E-state index contributed by atoms with van der Waals surface area (Å²) in [6.07, 6.45) is 5.82. The van der Waals surface area contributed by atoms with Crippen molar-refractivity contribution < 1.29 is 13.9 Å². The third-order valence-corrected chi connectivity index (χ3v) is 6.56. The SMILES string of the molecule is C[C@@]12C[C@H]3CN(C(=O)COc4ccc(F)c(Cl)c4)[C@@H]1CCCC[C@@H]2N3. The van der Waals surface area contributed by atoms with Gasteiger partial charge in [-0.3, -0.25) is 4.79 Å². The van der Waals surface area contributed by atoms with Crippen molar-refractivity contribution in [2.45, 2.75) is 57.2 Å². The molecule has 4 nitrogen and oxygen atoms in total. The number of likely N-dealkylation sites (tertiary alicyclic amines) is 1. The van der Waals surface area contributed by atoms with Gasteiger partial charge in [0.1, 0.15) is 11.6 Å². The Morgan fingerprint density at radius 3 is 3.04 bits per heavy atom. The van der Waals surface area contributed by atoms with Gasteiger partial charge in [0.2, 0.25) is 0 Å². The second-order valence-electron chi connectivity index (χ2n) is 7.84. The van der Waals surface area contributed by atoms with Crippen LogP contribution >= 0.6 is 11.6 Å². The van der Waals surface area contributed by atoms with E-state index >= 15 is 0 Å². The summed E-state index contributed by atoms with van der Waals surface area (Å²) in [5.74, 6) is -0.0648. The van der Waals surface area contributed by atoms with Crippen LogP contribution in [0.25, 0.3) is 0 Å².